The third-order valence-corrected chi connectivity index (χ3v) is 0. The first kappa shape index (κ1) is 22.5. The molecule has 4 nitrogen and oxygen atoms in total. The molecular formula is H4BiFeO4SmW. The molecule has 0 aromatic carbocycles. The van der Waals surface area contributed by atoms with Crippen molar-refractivity contribution in [1.82, 2.24) is 0 Å². The van der Waals surface area contributed by atoms with E-state index in [9.17, 15) is 0 Å². The molecule has 0 atom stereocenters. The monoisotopic (exact) mass is 669 g/mol. The molecule has 3 radical (unpaired) electrons. The molecule has 0 aliphatic carbocycles. The van der Waals surface area contributed by atoms with Crippen LogP contribution in [0.2, 0.25) is 0 Å². The quantitative estimate of drug-likeness (QED) is 0.214. The maximum absolute atomic E-state index is 7.40. The Morgan fingerprint density at radius 1 is 0.875 bits per heavy atom. The summed E-state index contributed by atoms with van der Waals surface area (Å²) in [5.74, 6) is 0. The van der Waals surface area contributed by atoms with E-state index in [1.807, 2.05) is 0 Å². The van der Waals surface area contributed by atoms with Gasteiger partial charge in [0, 0.05) is 83.7 Å². The normalized spacial score (nSPS) is 9.50. The van der Waals surface area contributed by atoms with Gasteiger partial charge in [-0.2, -0.15) is 0 Å². The van der Waals surface area contributed by atoms with Crippen LogP contribution < -0.4 is 0 Å². The van der Waals surface area contributed by atoms with E-state index in [-0.39, 0.29) is 83.7 Å². The molecule has 0 aromatic rings. The van der Waals surface area contributed by atoms with Crippen LogP contribution in [-0.4, -0.2) is 41.2 Å². The van der Waals surface area contributed by atoms with Crippen LogP contribution >= 0.6 is 0 Å². The predicted octanol–water partition coefficient (Wildman–Crippen LogP) is -2.61. The molecule has 0 saturated carbocycles. The van der Waals surface area contributed by atoms with Gasteiger partial charge in [0.1, 0.15) is 0 Å². The Kier molecular flexibility index (Phi) is 28.9. The minimum absolute atomic E-state index is 0. The largest absolute Gasteiger partial charge is 0 e. The second-order valence-corrected chi connectivity index (χ2v) is 4.01. The van der Waals surface area contributed by atoms with Crippen LogP contribution in [0.5, 0.6) is 0 Å². The van der Waals surface area contributed by atoms with E-state index in [1.54, 1.807) is 0 Å². The van der Waals surface area contributed by atoms with Crippen molar-refractivity contribution in [2.45, 2.75) is 0 Å². The van der Waals surface area contributed by atoms with Gasteiger partial charge in [-0.1, -0.05) is 0 Å². The zero-order valence-electron chi connectivity index (χ0n) is 3.41. The first-order valence-electron chi connectivity index (χ1n) is 0.730. The van der Waals surface area contributed by atoms with Gasteiger partial charge in [0.05, 0.1) is 0 Å². The fourth-order valence-corrected chi connectivity index (χ4v) is 0. The minimum Gasteiger partial charge on any atom is 0 e. The molecule has 0 rings (SSSR count). The van der Waals surface area contributed by atoms with Crippen molar-refractivity contribution in [3.63, 3.8) is 0 Å². The summed E-state index contributed by atoms with van der Waals surface area (Å²) in [6, 6.07) is 0. The van der Waals surface area contributed by atoms with Gasteiger partial charge in [-0.3, -0.25) is 0 Å². The average molecular weight is 667 g/mol. The van der Waals surface area contributed by atoms with Crippen molar-refractivity contribution in [3.05, 3.63) is 0 Å². The summed E-state index contributed by atoms with van der Waals surface area (Å²) in [6.45, 7) is 0. The van der Waals surface area contributed by atoms with Crippen molar-refractivity contribution < 1.29 is 90.1 Å². The van der Waals surface area contributed by atoms with Gasteiger partial charge in [0.2, 0.25) is 0 Å². The third-order valence-electron chi connectivity index (χ3n) is 0. The van der Waals surface area contributed by atoms with Gasteiger partial charge in [-0.25, -0.2) is 0 Å². The molecule has 0 aromatic heterocycles. The summed E-state index contributed by atoms with van der Waals surface area (Å²) in [6.07, 6.45) is 0. The summed E-state index contributed by atoms with van der Waals surface area (Å²) < 4.78 is 29.6. The van der Waals surface area contributed by atoms with Crippen molar-refractivity contribution in [2.24, 2.45) is 0 Å². The van der Waals surface area contributed by atoms with E-state index in [0.29, 0.717) is 0 Å². The smallest absolute Gasteiger partial charge is 0 e. The molecule has 0 amide bonds. The molecule has 0 unspecified atom stereocenters. The molecule has 8 heavy (non-hydrogen) atoms. The standard InChI is InChI=1S/Bi.Fe.4H2O.Sm.W/h;;4*1H2;;/q;;;;;;;+4/p-4. The Morgan fingerprint density at radius 2 is 0.875 bits per heavy atom. The second kappa shape index (κ2) is 10.3. The molecule has 4 N–H and O–H groups in total. The van der Waals surface area contributed by atoms with E-state index < -0.39 is 17.6 Å². The fraction of sp³-hybridized carbons (Fsp3) is 0. The molecule has 0 aliphatic heterocycles. The van der Waals surface area contributed by atoms with Gasteiger partial charge < -0.3 is 0 Å². The summed E-state index contributed by atoms with van der Waals surface area (Å²) in [5.41, 5.74) is 0. The zero-order valence-corrected chi connectivity index (χ0v) is 13.5. The van der Waals surface area contributed by atoms with Crippen LogP contribution in [0.25, 0.3) is 0 Å². The summed E-state index contributed by atoms with van der Waals surface area (Å²) >= 11 is -5.17. The van der Waals surface area contributed by atoms with E-state index in [1.165, 1.54) is 0 Å². The number of rotatable bonds is 0. The van der Waals surface area contributed by atoms with Crippen LogP contribution in [0.15, 0.2) is 0 Å². The van der Waals surface area contributed by atoms with Crippen LogP contribution in [0.3, 0.4) is 0 Å². The van der Waals surface area contributed by atoms with Crippen molar-refractivity contribution in [3.8, 4) is 0 Å². The molecule has 0 heterocycles. The van der Waals surface area contributed by atoms with Crippen LogP contribution in [-0.2, 0) is 34.6 Å². The number of hydrogen-bond donors (Lipinski definition) is 4. The second-order valence-electron chi connectivity index (χ2n) is 0.490. The van der Waals surface area contributed by atoms with Gasteiger partial charge in [-0.15, -0.1) is 0 Å². The molecule has 0 spiro atoms. The fourth-order valence-electron chi connectivity index (χ4n) is 0. The number of hydrogen-bond acceptors (Lipinski definition) is 4. The molecule has 0 fully saturated rings. The first-order chi connectivity index (χ1) is 2.00. The molecule has 0 saturated heterocycles. The first-order valence-corrected chi connectivity index (χ1v) is 5.98. The van der Waals surface area contributed by atoms with Crippen molar-refractivity contribution >= 4 is 26.2 Å². The molecule has 8 heteroatoms. The maximum atomic E-state index is 7.40. The molecule has 53 valence electrons. The van der Waals surface area contributed by atoms with Crippen LogP contribution in [0.1, 0.15) is 0 Å². The zero-order chi connectivity index (χ0) is 4.50. The van der Waals surface area contributed by atoms with Gasteiger partial charge >= 0.3 is 32.6 Å². The Bertz CT molecular complexity index is 31.5. The van der Waals surface area contributed by atoms with Crippen molar-refractivity contribution in [1.29, 1.82) is 0 Å². The van der Waals surface area contributed by atoms with Gasteiger partial charge in [0.25, 0.3) is 0 Å². The van der Waals surface area contributed by atoms with Gasteiger partial charge in [-0.05, 0) is 0 Å². The topological polar surface area (TPSA) is 80.9 Å². The van der Waals surface area contributed by atoms with E-state index in [0.717, 1.165) is 0 Å². The molecule has 0 aliphatic rings. The van der Waals surface area contributed by atoms with E-state index in [2.05, 4.69) is 0 Å². The summed E-state index contributed by atoms with van der Waals surface area (Å²) in [4.78, 5) is 0. The van der Waals surface area contributed by atoms with E-state index >= 15 is 0 Å². The summed E-state index contributed by atoms with van der Waals surface area (Å²) in [5, 5.41) is 0. The third kappa shape index (κ3) is 59.3. The van der Waals surface area contributed by atoms with E-state index in [4.69, 9.17) is 15.0 Å². The minimum atomic E-state index is -5.17. The Hall–Kier alpha value is 3.27. The van der Waals surface area contributed by atoms with Crippen LogP contribution in [0.4, 0.5) is 0 Å². The molecular weight excluding hydrogens is 663 g/mol. The van der Waals surface area contributed by atoms with Gasteiger partial charge in [0.15, 0.2) is 0 Å². The van der Waals surface area contributed by atoms with Crippen LogP contribution in [0, 0.1) is 40.4 Å². The predicted molar refractivity (Wildman–Crippen MR) is 14.6 cm³/mol. The maximum Gasteiger partial charge on any atom is 0 e. The summed E-state index contributed by atoms with van der Waals surface area (Å²) in [7, 11) is 0. The average Bonchev–Trinajstić information content (AvgIpc) is 0.722. The Balaban J connectivity index is -0.0000000267. The SMILES string of the molecule is [Bi].[Fe].[OH][W]([OH])([OH])[OH].[Sm]. The Morgan fingerprint density at radius 3 is 0.875 bits per heavy atom. The Labute approximate surface area is 114 Å². The molecule has 0 bridgehead atoms. The van der Waals surface area contributed by atoms with Crippen molar-refractivity contribution in [2.75, 3.05) is 0 Å².